The maximum absolute atomic E-state index is 4.84. The molecule has 1 aromatic heterocycles. The van der Waals surface area contributed by atoms with Crippen molar-refractivity contribution in [1.82, 2.24) is 4.98 Å². The van der Waals surface area contributed by atoms with E-state index in [2.05, 4.69) is 18.2 Å². The second-order valence-electron chi connectivity index (χ2n) is 1.62. The Kier molecular flexibility index (Phi) is 1.67. The predicted molar refractivity (Wildman–Crippen MR) is 29.3 cm³/mol. The smallest absolute Gasteiger partial charge is 0.195 e. The molecular weight excluding hydrogens is 102 g/mol. The molecule has 1 radical (unpaired) electrons. The third kappa shape index (κ3) is 1.09. The average molecular weight is 110 g/mol. The van der Waals surface area contributed by atoms with E-state index in [4.69, 9.17) is 4.42 Å². The van der Waals surface area contributed by atoms with E-state index in [9.17, 15) is 0 Å². The minimum atomic E-state index is 0.785. The van der Waals surface area contributed by atoms with Gasteiger partial charge in [-0.15, -0.1) is 0 Å². The number of nitrogens with zero attached hydrogens (tertiary/aromatic N) is 1. The highest BCUT2D eigenvalue weighted by molar-refractivity contribution is 4.77. The first-order valence-electron chi connectivity index (χ1n) is 2.74. The number of hydrogen-bond donors (Lipinski definition) is 0. The fourth-order valence-corrected chi connectivity index (χ4v) is 0.549. The predicted octanol–water partition coefficient (Wildman–Crippen LogP) is 1.43. The maximum atomic E-state index is 4.84. The molecule has 1 aromatic rings. The number of aromatic nitrogens is 1. The van der Waals surface area contributed by atoms with Gasteiger partial charge in [-0.25, -0.2) is 4.98 Å². The number of rotatable bonds is 2. The quantitative estimate of drug-likeness (QED) is 0.575. The van der Waals surface area contributed by atoms with Crippen LogP contribution in [0.4, 0.5) is 0 Å². The van der Waals surface area contributed by atoms with Crippen LogP contribution in [-0.4, -0.2) is 4.98 Å². The monoisotopic (exact) mass is 110 g/mol. The minimum Gasteiger partial charge on any atom is -0.437 e. The molecule has 0 aliphatic heterocycles. The highest BCUT2D eigenvalue weighted by Gasteiger charge is 1.91. The van der Waals surface area contributed by atoms with Gasteiger partial charge >= 0.3 is 0 Å². The Morgan fingerprint density at radius 3 is 3.25 bits per heavy atom. The van der Waals surface area contributed by atoms with Crippen molar-refractivity contribution >= 4 is 0 Å². The molecule has 0 spiro atoms. The lowest BCUT2D eigenvalue weighted by atomic mass is 10.3. The highest BCUT2D eigenvalue weighted by atomic mass is 16.3. The van der Waals surface area contributed by atoms with Crippen molar-refractivity contribution in [3.63, 3.8) is 0 Å². The second-order valence-corrected chi connectivity index (χ2v) is 1.62. The molecule has 0 atom stereocenters. The molecule has 0 aliphatic carbocycles. The first-order chi connectivity index (χ1) is 3.93. The minimum absolute atomic E-state index is 0.785. The summed E-state index contributed by atoms with van der Waals surface area (Å²) in [4.78, 5) is 3.88. The van der Waals surface area contributed by atoms with Gasteiger partial charge in [-0.2, -0.15) is 0 Å². The summed E-state index contributed by atoms with van der Waals surface area (Å²) in [5.41, 5.74) is 0. The van der Waals surface area contributed by atoms with Crippen molar-refractivity contribution in [1.29, 1.82) is 0 Å². The van der Waals surface area contributed by atoms with Crippen LogP contribution in [0.25, 0.3) is 0 Å². The molecule has 0 unspecified atom stereocenters. The van der Waals surface area contributed by atoms with Crippen molar-refractivity contribution in [2.24, 2.45) is 0 Å². The van der Waals surface area contributed by atoms with Crippen molar-refractivity contribution in [2.45, 2.75) is 19.8 Å². The third-order valence-corrected chi connectivity index (χ3v) is 0.902. The van der Waals surface area contributed by atoms with E-state index >= 15 is 0 Å². The van der Waals surface area contributed by atoms with Crippen LogP contribution in [0.3, 0.4) is 0 Å². The van der Waals surface area contributed by atoms with Crippen LogP contribution >= 0.6 is 0 Å². The Morgan fingerprint density at radius 2 is 2.75 bits per heavy atom. The van der Waals surface area contributed by atoms with Gasteiger partial charge in [0.1, 0.15) is 0 Å². The van der Waals surface area contributed by atoms with E-state index in [1.807, 2.05) is 0 Å². The van der Waals surface area contributed by atoms with Gasteiger partial charge in [0, 0.05) is 6.42 Å². The highest BCUT2D eigenvalue weighted by Crippen LogP contribution is 1.96. The molecule has 0 bridgehead atoms. The topological polar surface area (TPSA) is 26.0 Å². The fraction of sp³-hybridized carbons (Fsp3) is 0.500. The lowest BCUT2D eigenvalue weighted by molar-refractivity contribution is 0.485. The van der Waals surface area contributed by atoms with E-state index in [1.54, 1.807) is 6.20 Å². The van der Waals surface area contributed by atoms with Gasteiger partial charge in [0.2, 0.25) is 0 Å². The van der Waals surface area contributed by atoms with Gasteiger partial charge in [-0.1, -0.05) is 6.92 Å². The average Bonchev–Trinajstić information content (AvgIpc) is 2.19. The SMILES string of the molecule is CCCc1nc[c]o1. The van der Waals surface area contributed by atoms with Gasteiger partial charge in [0.15, 0.2) is 12.2 Å². The van der Waals surface area contributed by atoms with E-state index in [0.717, 1.165) is 18.7 Å². The molecule has 0 N–H and O–H groups in total. The van der Waals surface area contributed by atoms with Crippen LogP contribution in [0.1, 0.15) is 19.2 Å². The molecule has 1 rings (SSSR count). The van der Waals surface area contributed by atoms with Gasteiger partial charge in [-0.3, -0.25) is 0 Å². The van der Waals surface area contributed by atoms with Crippen LogP contribution in [0.2, 0.25) is 0 Å². The van der Waals surface area contributed by atoms with Crippen molar-refractivity contribution in [2.75, 3.05) is 0 Å². The summed E-state index contributed by atoms with van der Waals surface area (Å²) in [5.74, 6) is 0.785. The summed E-state index contributed by atoms with van der Waals surface area (Å²) >= 11 is 0. The van der Waals surface area contributed by atoms with Gasteiger partial charge in [0.25, 0.3) is 0 Å². The summed E-state index contributed by atoms with van der Waals surface area (Å²) in [6, 6.07) is 0. The van der Waals surface area contributed by atoms with Crippen molar-refractivity contribution in [3.8, 4) is 0 Å². The van der Waals surface area contributed by atoms with Gasteiger partial charge in [-0.05, 0) is 6.42 Å². The zero-order valence-electron chi connectivity index (χ0n) is 4.85. The Balaban J connectivity index is 2.50. The van der Waals surface area contributed by atoms with Crippen molar-refractivity contribution < 1.29 is 4.42 Å². The molecule has 0 saturated carbocycles. The van der Waals surface area contributed by atoms with Crippen LogP contribution in [0, 0.1) is 6.26 Å². The van der Waals surface area contributed by atoms with Crippen LogP contribution < -0.4 is 0 Å². The molecule has 8 heavy (non-hydrogen) atoms. The number of aryl methyl sites for hydroxylation is 1. The summed E-state index contributed by atoms with van der Waals surface area (Å²) in [5, 5.41) is 0. The Hall–Kier alpha value is -0.790. The lowest BCUT2D eigenvalue weighted by Crippen LogP contribution is -1.78. The number of hydrogen-bond acceptors (Lipinski definition) is 2. The van der Waals surface area contributed by atoms with Gasteiger partial charge < -0.3 is 4.42 Å². The van der Waals surface area contributed by atoms with Crippen molar-refractivity contribution in [3.05, 3.63) is 18.4 Å². The molecular formula is C6H8NO. The molecule has 43 valence electrons. The van der Waals surface area contributed by atoms with E-state index < -0.39 is 0 Å². The summed E-state index contributed by atoms with van der Waals surface area (Å²) in [6.07, 6.45) is 6.07. The first-order valence-corrected chi connectivity index (χ1v) is 2.74. The maximum Gasteiger partial charge on any atom is 0.195 e. The summed E-state index contributed by atoms with van der Waals surface area (Å²) in [7, 11) is 0. The lowest BCUT2D eigenvalue weighted by Gasteiger charge is -1.83. The Labute approximate surface area is 48.5 Å². The normalized spacial score (nSPS) is 9.62. The zero-order valence-corrected chi connectivity index (χ0v) is 4.85. The number of oxazole rings is 1. The van der Waals surface area contributed by atoms with E-state index in [1.165, 1.54) is 0 Å². The van der Waals surface area contributed by atoms with Gasteiger partial charge in [0.05, 0.1) is 6.20 Å². The largest absolute Gasteiger partial charge is 0.437 e. The van der Waals surface area contributed by atoms with E-state index in [-0.39, 0.29) is 0 Å². The third-order valence-electron chi connectivity index (χ3n) is 0.902. The fourth-order valence-electron chi connectivity index (χ4n) is 0.549. The zero-order chi connectivity index (χ0) is 5.82. The van der Waals surface area contributed by atoms with E-state index in [0.29, 0.717) is 0 Å². The summed E-state index contributed by atoms with van der Waals surface area (Å²) < 4.78 is 4.84. The molecule has 0 aromatic carbocycles. The molecule has 0 fully saturated rings. The van der Waals surface area contributed by atoms with Crippen LogP contribution in [0.15, 0.2) is 10.6 Å². The molecule has 2 heteroatoms. The molecule has 2 nitrogen and oxygen atoms in total. The molecule has 1 heterocycles. The standard InChI is InChI=1S/C6H8NO/c1-2-3-6-7-4-5-8-6/h4H,2-3H2,1H3. The van der Waals surface area contributed by atoms with Crippen LogP contribution in [-0.2, 0) is 6.42 Å². The molecule has 0 amide bonds. The van der Waals surface area contributed by atoms with Crippen LogP contribution in [0.5, 0.6) is 0 Å². The Bertz CT molecular complexity index is 134. The summed E-state index contributed by atoms with van der Waals surface area (Å²) in [6.45, 7) is 2.09. The Morgan fingerprint density at radius 1 is 1.88 bits per heavy atom. The molecule has 0 aliphatic rings. The molecule has 0 saturated heterocycles. The second kappa shape index (κ2) is 2.50. The first kappa shape index (κ1) is 5.35.